The summed E-state index contributed by atoms with van der Waals surface area (Å²) in [5.74, 6) is -1.69. The highest BCUT2D eigenvalue weighted by molar-refractivity contribution is 8.14. The molecule has 1 aliphatic rings. The van der Waals surface area contributed by atoms with Crippen LogP contribution in [0, 0.1) is 0 Å². The molecule has 0 radical (unpaired) electrons. The molecule has 4 amide bonds. The largest absolute Gasteiger partial charge is 0.346 e. The van der Waals surface area contributed by atoms with Gasteiger partial charge in [0.1, 0.15) is 0 Å². The second kappa shape index (κ2) is 7.60. The van der Waals surface area contributed by atoms with Crippen molar-refractivity contribution in [3.63, 3.8) is 0 Å². The van der Waals surface area contributed by atoms with Gasteiger partial charge in [0.05, 0.1) is 5.75 Å². The first-order chi connectivity index (χ1) is 10.6. The standard InChI is InChI=1S/C14H15N3O4S/c18-11-9-22-14(21)17(11)7-6-15-12(19)13(20)16-8-10-4-2-1-3-5-10/h1-5H,6-9H2,(H,15,19)(H,16,20). The first-order valence-electron chi connectivity index (χ1n) is 6.65. The summed E-state index contributed by atoms with van der Waals surface area (Å²) in [6.45, 7) is 0.380. The minimum absolute atomic E-state index is 0.0512. The molecule has 0 spiro atoms. The van der Waals surface area contributed by atoms with Gasteiger partial charge in [-0.15, -0.1) is 0 Å². The summed E-state index contributed by atoms with van der Waals surface area (Å²) in [6, 6.07) is 9.20. The number of thioether (sulfide) groups is 1. The van der Waals surface area contributed by atoms with Gasteiger partial charge >= 0.3 is 11.8 Å². The number of hydrogen-bond donors (Lipinski definition) is 2. The molecule has 0 unspecified atom stereocenters. The minimum Gasteiger partial charge on any atom is -0.346 e. The Morgan fingerprint density at radius 3 is 2.41 bits per heavy atom. The number of nitrogens with one attached hydrogen (secondary N) is 2. The second-order valence-electron chi connectivity index (χ2n) is 4.52. The molecular formula is C14H15N3O4S. The molecule has 1 heterocycles. The highest BCUT2D eigenvalue weighted by Crippen LogP contribution is 2.17. The number of amides is 4. The number of nitrogens with zero attached hydrogens (tertiary/aromatic N) is 1. The zero-order chi connectivity index (χ0) is 15.9. The molecule has 0 bridgehead atoms. The van der Waals surface area contributed by atoms with E-state index in [9.17, 15) is 19.2 Å². The third-order valence-corrected chi connectivity index (χ3v) is 3.82. The van der Waals surface area contributed by atoms with Gasteiger partial charge in [-0.2, -0.15) is 0 Å². The Labute approximate surface area is 131 Å². The number of imide groups is 1. The molecule has 7 nitrogen and oxygen atoms in total. The zero-order valence-corrected chi connectivity index (χ0v) is 12.5. The van der Waals surface area contributed by atoms with Crippen molar-refractivity contribution in [3.05, 3.63) is 35.9 Å². The van der Waals surface area contributed by atoms with Gasteiger partial charge in [-0.1, -0.05) is 42.1 Å². The number of hydrogen-bond acceptors (Lipinski definition) is 5. The number of rotatable bonds is 5. The maximum absolute atomic E-state index is 11.6. The van der Waals surface area contributed by atoms with E-state index < -0.39 is 11.8 Å². The first-order valence-corrected chi connectivity index (χ1v) is 7.63. The number of carbonyl (C=O) groups excluding carboxylic acids is 4. The van der Waals surface area contributed by atoms with Crippen molar-refractivity contribution in [1.29, 1.82) is 0 Å². The smallest absolute Gasteiger partial charge is 0.309 e. The van der Waals surface area contributed by atoms with E-state index in [1.807, 2.05) is 30.3 Å². The van der Waals surface area contributed by atoms with Crippen molar-refractivity contribution < 1.29 is 19.2 Å². The lowest BCUT2D eigenvalue weighted by molar-refractivity contribution is -0.139. The van der Waals surface area contributed by atoms with E-state index in [1.165, 1.54) is 0 Å². The van der Waals surface area contributed by atoms with Crippen LogP contribution in [0.4, 0.5) is 4.79 Å². The monoisotopic (exact) mass is 321 g/mol. The maximum Gasteiger partial charge on any atom is 0.309 e. The molecule has 22 heavy (non-hydrogen) atoms. The van der Waals surface area contributed by atoms with Gasteiger partial charge in [0.25, 0.3) is 5.24 Å². The van der Waals surface area contributed by atoms with Crippen LogP contribution in [-0.4, -0.2) is 46.7 Å². The van der Waals surface area contributed by atoms with Crippen molar-refractivity contribution >= 4 is 34.7 Å². The zero-order valence-electron chi connectivity index (χ0n) is 11.7. The summed E-state index contributed by atoms with van der Waals surface area (Å²) >= 11 is 0.930. The van der Waals surface area contributed by atoms with Crippen LogP contribution in [0.5, 0.6) is 0 Å². The second-order valence-corrected chi connectivity index (χ2v) is 5.45. The molecule has 0 aliphatic carbocycles. The van der Waals surface area contributed by atoms with Crippen LogP contribution in [-0.2, 0) is 20.9 Å². The van der Waals surface area contributed by atoms with Gasteiger partial charge in [-0.05, 0) is 5.56 Å². The van der Waals surface area contributed by atoms with Crippen LogP contribution >= 0.6 is 11.8 Å². The summed E-state index contributed by atoms with van der Waals surface area (Å²) < 4.78 is 0. The predicted octanol–water partition coefficient (Wildman–Crippen LogP) is 0.114. The van der Waals surface area contributed by atoms with Gasteiger partial charge in [0.2, 0.25) is 5.91 Å². The Morgan fingerprint density at radius 1 is 1.09 bits per heavy atom. The molecule has 8 heteroatoms. The minimum atomic E-state index is -0.789. The number of carbonyl (C=O) groups is 4. The Morgan fingerprint density at radius 2 is 1.77 bits per heavy atom. The maximum atomic E-state index is 11.6. The lowest BCUT2D eigenvalue weighted by Gasteiger charge is -2.13. The van der Waals surface area contributed by atoms with Crippen molar-refractivity contribution in [2.75, 3.05) is 18.8 Å². The van der Waals surface area contributed by atoms with Crippen LogP contribution in [0.3, 0.4) is 0 Å². The summed E-state index contributed by atoms with van der Waals surface area (Å²) in [5.41, 5.74) is 0.883. The molecule has 0 aromatic heterocycles. The number of benzene rings is 1. The fourth-order valence-corrected chi connectivity index (χ4v) is 2.57. The predicted molar refractivity (Wildman–Crippen MR) is 80.9 cm³/mol. The van der Waals surface area contributed by atoms with E-state index in [0.717, 1.165) is 22.2 Å². The molecule has 0 atom stereocenters. The Hall–Kier alpha value is -2.35. The topological polar surface area (TPSA) is 95.6 Å². The van der Waals surface area contributed by atoms with Gasteiger partial charge in [-0.3, -0.25) is 24.1 Å². The van der Waals surface area contributed by atoms with Gasteiger partial charge in [-0.25, -0.2) is 0 Å². The highest BCUT2D eigenvalue weighted by Gasteiger charge is 2.29. The Balaban J connectivity index is 1.69. The SMILES string of the molecule is O=C(NCCN1C(=O)CSC1=O)C(=O)NCc1ccccc1. The lowest BCUT2D eigenvalue weighted by Crippen LogP contribution is -2.43. The molecule has 0 saturated carbocycles. The molecule has 1 aromatic rings. The molecule has 1 aromatic carbocycles. The Bertz CT molecular complexity index is 575. The van der Waals surface area contributed by atoms with Crippen molar-refractivity contribution in [1.82, 2.24) is 15.5 Å². The van der Waals surface area contributed by atoms with E-state index >= 15 is 0 Å². The first kappa shape index (κ1) is 16.0. The molecule has 1 fully saturated rings. The third kappa shape index (κ3) is 4.32. The van der Waals surface area contributed by atoms with Crippen LogP contribution < -0.4 is 10.6 Å². The molecule has 1 saturated heterocycles. The van der Waals surface area contributed by atoms with Crippen LogP contribution in [0.1, 0.15) is 5.56 Å². The van der Waals surface area contributed by atoms with E-state index in [1.54, 1.807) is 0 Å². The highest BCUT2D eigenvalue weighted by atomic mass is 32.2. The summed E-state index contributed by atoms with van der Waals surface area (Å²) in [7, 11) is 0. The molecule has 1 aliphatic heterocycles. The van der Waals surface area contributed by atoms with Crippen LogP contribution in [0.25, 0.3) is 0 Å². The van der Waals surface area contributed by atoms with E-state index in [0.29, 0.717) is 0 Å². The summed E-state index contributed by atoms with van der Waals surface area (Å²) in [4.78, 5) is 46.9. The normalized spacial score (nSPS) is 14.1. The van der Waals surface area contributed by atoms with Crippen LogP contribution in [0.15, 0.2) is 30.3 Å². The fourth-order valence-electron chi connectivity index (χ4n) is 1.82. The quantitative estimate of drug-likeness (QED) is 0.751. The molecular weight excluding hydrogens is 306 g/mol. The van der Waals surface area contributed by atoms with E-state index in [-0.39, 0.29) is 36.5 Å². The van der Waals surface area contributed by atoms with Crippen molar-refractivity contribution in [2.24, 2.45) is 0 Å². The Kier molecular flexibility index (Phi) is 5.54. The van der Waals surface area contributed by atoms with E-state index in [4.69, 9.17) is 0 Å². The summed E-state index contributed by atoms with van der Waals surface area (Å²) in [6.07, 6.45) is 0. The lowest BCUT2D eigenvalue weighted by atomic mass is 10.2. The van der Waals surface area contributed by atoms with Crippen LogP contribution in [0.2, 0.25) is 0 Å². The summed E-state index contributed by atoms with van der Waals surface area (Å²) in [5, 5.41) is 4.55. The van der Waals surface area contributed by atoms with Gasteiger partial charge < -0.3 is 10.6 Å². The van der Waals surface area contributed by atoms with Crippen molar-refractivity contribution in [3.8, 4) is 0 Å². The third-order valence-electron chi connectivity index (χ3n) is 2.96. The molecule has 2 N–H and O–H groups in total. The average Bonchev–Trinajstić information content (AvgIpc) is 2.85. The van der Waals surface area contributed by atoms with E-state index in [2.05, 4.69) is 10.6 Å². The van der Waals surface area contributed by atoms with Gasteiger partial charge in [0.15, 0.2) is 0 Å². The molecule has 116 valence electrons. The van der Waals surface area contributed by atoms with Crippen molar-refractivity contribution in [2.45, 2.75) is 6.54 Å². The van der Waals surface area contributed by atoms with Gasteiger partial charge in [0, 0.05) is 19.6 Å². The molecule has 2 rings (SSSR count). The fraction of sp³-hybridized carbons (Fsp3) is 0.286. The average molecular weight is 321 g/mol.